The van der Waals surface area contributed by atoms with Crippen molar-refractivity contribution >= 4 is 5.97 Å². The van der Waals surface area contributed by atoms with Gasteiger partial charge in [-0.3, -0.25) is 4.79 Å². The maximum absolute atomic E-state index is 12.0. The molecular weight excluding hydrogens is 224 g/mol. The van der Waals surface area contributed by atoms with Gasteiger partial charge in [-0.1, -0.05) is 34.6 Å². The fraction of sp³-hybridized carbons (Fsp3) is 0.938. The number of carbonyl (C=O) groups excluding carboxylic acids is 1. The molecule has 0 spiro atoms. The Morgan fingerprint density at radius 3 is 2.22 bits per heavy atom. The van der Waals surface area contributed by atoms with Gasteiger partial charge in [0.05, 0.1) is 5.92 Å². The highest BCUT2D eigenvalue weighted by Crippen LogP contribution is 2.49. The maximum Gasteiger partial charge on any atom is 0.309 e. The second kappa shape index (κ2) is 7.16. The zero-order valence-electron chi connectivity index (χ0n) is 12.1. The minimum absolute atomic E-state index is 0. The topological polar surface area (TPSA) is 26.3 Å². The molecule has 2 fully saturated rings. The Bertz CT molecular complexity index is 258. The fourth-order valence-electron chi connectivity index (χ4n) is 2.95. The normalized spacial score (nSPS) is 29.1. The van der Waals surface area contributed by atoms with Crippen molar-refractivity contribution in [3.8, 4) is 0 Å². The molecule has 0 N–H and O–H groups in total. The molecule has 3 atom stereocenters. The fourth-order valence-corrected chi connectivity index (χ4v) is 2.95. The van der Waals surface area contributed by atoms with Gasteiger partial charge in [0, 0.05) is 0 Å². The van der Waals surface area contributed by atoms with Crippen molar-refractivity contribution in [1.82, 2.24) is 0 Å². The summed E-state index contributed by atoms with van der Waals surface area (Å²) in [5, 5.41) is 0. The molecule has 0 saturated heterocycles. The first-order chi connectivity index (χ1) is 8.02. The van der Waals surface area contributed by atoms with Gasteiger partial charge in [-0.05, 0) is 51.4 Å². The molecule has 2 aliphatic carbocycles. The minimum atomic E-state index is -0.279. The quantitative estimate of drug-likeness (QED) is 0.677. The van der Waals surface area contributed by atoms with Crippen LogP contribution in [0.2, 0.25) is 0 Å². The van der Waals surface area contributed by atoms with E-state index in [9.17, 15) is 4.79 Å². The van der Waals surface area contributed by atoms with Crippen LogP contribution in [0.4, 0.5) is 0 Å². The molecule has 108 valence electrons. The van der Waals surface area contributed by atoms with Crippen LogP contribution in [-0.4, -0.2) is 11.6 Å². The standard InChI is InChI=1S/C13H22O2.C2H6.CH4/c1-4-13(2,3)15-12(14)11-8-9-5-6-10(11)7-9;1-2;/h9-11H,4-8H2,1-3H3;1-2H3;1H4. The van der Waals surface area contributed by atoms with Gasteiger partial charge in [0.2, 0.25) is 0 Å². The summed E-state index contributed by atoms with van der Waals surface area (Å²) >= 11 is 0. The first kappa shape index (κ1) is 17.5. The van der Waals surface area contributed by atoms with Crippen LogP contribution in [0.25, 0.3) is 0 Å². The summed E-state index contributed by atoms with van der Waals surface area (Å²) in [7, 11) is 0. The molecule has 2 bridgehead atoms. The number of esters is 1. The van der Waals surface area contributed by atoms with E-state index in [0.717, 1.165) is 18.8 Å². The molecule has 0 aromatic rings. The van der Waals surface area contributed by atoms with Gasteiger partial charge < -0.3 is 4.74 Å². The lowest BCUT2D eigenvalue weighted by Gasteiger charge is -2.28. The van der Waals surface area contributed by atoms with Crippen LogP contribution in [0.5, 0.6) is 0 Å². The average Bonchev–Trinajstić information content (AvgIpc) is 2.93. The number of hydrogen-bond donors (Lipinski definition) is 0. The van der Waals surface area contributed by atoms with Crippen molar-refractivity contribution in [2.75, 3.05) is 0 Å². The van der Waals surface area contributed by atoms with Crippen LogP contribution in [0, 0.1) is 17.8 Å². The van der Waals surface area contributed by atoms with Crippen LogP contribution < -0.4 is 0 Å². The van der Waals surface area contributed by atoms with Crippen molar-refractivity contribution < 1.29 is 9.53 Å². The Hall–Kier alpha value is -0.530. The van der Waals surface area contributed by atoms with Gasteiger partial charge in [0.15, 0.2) is 0 Å². The van der Waals surface area contributed by atoms with E-state index in [1.165, 1.54) is 19.3 Å². The number of hydrogen-bond acceptors (Lipinski definition) is 2. The molecule has 2 nitrogen and oxygen atoms in total. The molecule has 2 rings (SSSR count). The van der Waals surface area contributed by atoms with Crippen LogP contribution >= 0.6 is 0 Å². The molecule has 0 amide bonds. The second-order valence-corrected chi connectivity index (χ2v) is 5.82. The minimum Gasteiger partial charge on any atom is -0.459 e. The van der Waals surface area contributed by atoms with E-state index < -0.39 is 0 Å². The van der Waals surface area contributed by atoms with Crippen LogP contribution in [0.15, 0.2) is 0 Å². The second-order valence-electron chi connectivity index (χ2n) is 5.82. The Morgan fingerprint density at radius 2 is 1.83 bits per heavy atom. The lowest BCUT2D eigenvalue weighted by Crippen LogP contribution is -2.32. The van der Waals surface area contributed by atoms with Gasteiger partial charge in [0.1, 0.15) is 5.60 Å². The molecular formula is C16H32O2. The van der Waals surface area contributed by atoms with E-state index in [1.807, 2.05) is 27.7 Å². The monoisotopic (exact) mass is 256 g/mol. The summed E-state index contributed by atoms with van der Waals surface area (Å²) < 4.78 is 5.58. The van der Waals surface area contributed by atoms with E-state index in [1.54, 1.807) is 0 Å². The highest BCUT2D eigenvalue weighted by molar-refractivity contribution is 5.73. The van der Waals surface area contributed by atoms with Gasteiger partial charge in [0.25, 0.3) is 0 Å². The van der Waals surface area contributed by atoms with Crippen molar-refractivity contribution in [1.29, 1.82) is 0 Å². The van der Waals surface area contributed by atoms with Crippen LogP contribution in [0.1, 0.15) is 74.1 Å². The summed E-state index contributed by atoms with van der Waals surface area (Å²) in [6, 6.07) is 0. The molecule has 18 heavy (non-hydrogen) atoms. The lowest BCUT2D eigenvalue weighted by molar-refractivity contribution is -0.163. The number of carbonyl (C=O) groups is 1. The Balaban J connectivity index is 0.000000917. The summed E-state index contributed by atoms with van der Waals surface area (Å²) in [5.74, 6) is 1.73. The van der Waals surface area contributed by atoms with E-state index in [0.29, 0.717) is 5.92 Å². The highest BCUT2D eigenvalue weighted by Gasteiger charge is 2.44. The first-order valence-corrected chi connectivity index (χ1v) is 7.24. The third kappa shape index (κ3) is 4.00. The molecule has 3 unspecified atom stereocenters. The molecule has 0 radical (unpaired) electrons. The molecule has 0 aromatic heterocycles. The number of ether oxygens (including phenoxy) is 1. The predicted molar refractivity (Wildman–Crippen MR) is 77.5 cm³/mol. The Labute approximate surface area is 113 Å². The van der Waals surface area contributed by atoms with E-state index >= 15 is 0 Å². The lowest BCUT2D eigenvalue weighted by atomic mass is 9.89. The molecule has 2 saturated carbocycles. The summed E-state index contributed by atoms with van der Waals surface area (Å²) in [4.78, 5) is 12.0. The molecule has 0 heterocycles. The van der Waals surface area contributed by atoms with E-state index in [4.69, 9.17) is 4.74 Å². The number of rotatable bonds is 3. The molecule has 2 heteroatoms. The highest BCUT2D eigenvalue weighted by atomic mass is 16.6. The van der Waals surface area contributed by atoms with Crippen molar-refractivity contribution in [3.63, 3.8) is 0 Å². The van der Waals surface area contributed by atoms with Crippen LogP contribution in [-0.2, 0) is 9.53 Å². The predicted octanol–water partition coefficient (Wildman–Crippen LogP) is 4.82. The van der Waals surface area contributed by atoms with Crippen LogP contribution in [0.3, 0.4) is 0 Å². The van der Waals surface area contributed by atoms with Gasteiger partial charge in [-0.25, -0.2) is 0 Å². The average molecular weight is 256 g/mol. The summed E-state index contributed by atoms with van der Waals surface area (Å²) in [6.07, 6.45) is 5.83. The van der Waals surface area contributed by atoms with Crippen molar-refractivity contribution in [3.05, 3.63) is 0 Å². The van der Waals surface area contributed by atoms with Gasteiger partial charge in [-0.2, -0.15) is 0 Å². The largest absolute Gasteiger partial charge is 0.459 e. The molecule has 2 aliphatic rings. The molecule has 0 aliphatic heterocycles. The third-order valence-electron chi connectivity index (χ3n) is 4.27. The molecule has 0 aromatic carbocycles. The SMILES string of the molecule is C.CC.CCC(C)(C)OC(=O)C1CC2CCC1C2. The van der Waals surface area contributed by atoms with E-state index in [-0.39, 0.29) is 24.9 Å². The van der Waals surface area contributed by atoms with Gasteiger partial charge >= 0.3 is 5.97 Å². The van der Waals surface area contributed by atoms with Gasteiger partial charge in [-0.15, -0.1) is 0 Å². The number of fused-ring (bicyclic) bond motifs is 2. The summed E-state index contributed by atoms with van der Waals surface area (Å²) in [5.41, 5.74) is -0.279. The zero-order chi connectivity index (χ0) is 13.1. The summed E-state index contributed by atoms with van der Waals surface area (Å²) in [6.45, 7) is 10.1. The Morgan fingerprint density at radius 1 is 1.22 bits per heavy atom. The first-order valence-electron chi connectivity index (χ1n) is 7.24. The Kier molecular flexibility index (Phi) is 6.94. The third-order valence-corrected chi connectivity index (χ3v) is 4.27. The smallest absolute Gasteiger partial charge is 0.309 e. The van der Waals surface area contributed by atoms with E-state index in [2.05, 4.69) is 6.92 Å². The van der Waals surface area contributed by atoms with Crippen molar-refractivity contribution in [2.45, 2.75) is 79.8 Å². The van der Waals surface area contributed by atoms with Crippen molar-refractivity contribution in [2.24, 2.45) is 17.8 Å². The maximum atomic E-state index is 12.0. The zero-order valence-corrected chi connectivity index (χ0v) is 12.1.